The van der Waals surface area contributed by atoms with Crippen LogP contribution in [0.1, 0.15) is 0 Å². The van der Waals surface area contributed by atoms with E-state index in [9.17, 15) is 0 Å². The molecule has 0 atom stereocenters. The second kappa shape index (κ2) is 14.1. The van der Waals surface area contributed by atoms with Gasteiger partial charge in [-0.05, 0) is 0 Å². The monoisotopic (exact) mass is 808 g/mol. The van der Waals surface area contributed by atoms with Crippen molar-refractivity contribution in [2.45, 2.75) is 0 Å². The summed E-state index contributed by atoms with van der Waals surface area (Å²) < 4.78 is 53.1. The number of hydrogen-bond donors (Lipinski definition) is 2. The Morgan fingerprint density at radius 1 is 0.412 bits per heavy atom. The Bertz CT molecular complexity index is 2520. The minimum atomic E-state index is -4.44. The molecule has 7 aromatic rings. The molecule has 2 aliphatic heterocycles. The molecule has 0 spiro atoms. The van der Waals surface area contributed by atoms with Crippen LogP contribution in [0.5, 0.6) is 0 Å². The van der Waals surface area contributed by atoms with Crippen molar-refractivity contribution in [1.29, 1.82) is 0 Å². The minimum absolute atomic E-state index is 0. The van der Waals surface area contributed by atoms with Crippen molar-refractivity contribution in [2.75, 3.05) is 0 Å². The molecule has 0 saturated heterocycles. The maximum atomic E-state index is 8.84. The number of fused-ring (bicyclic) bond motifs is 20. The molecular weight excluding hydrogens is 793 g/mol. The third-order valence-electron chi connectivity index (χ3n) is 7.46. The molecule has 14 nitrogen and oxygen atoms in total. The summed E-state index contributed by atoms with van der Waals surface area (Å²) in [6, 6.07) is 32.2. The first kappa shape index (κ1) is 36.1. The number of halogens is 2. The normalized spacial score (nSPS) is 11.7. The molecule has 0 fully saturated rings. The van der Waals surface area contributed by atoms with Crippen LogP contribution in [0, 0.1) is 0 Å². The summed E-state index contributed by atoms with van der Waals surface area (Å²) >= 11 is 0. The van der Waals surface area contributed by atoms with Crippen LogP contribution in [-0.4, -0.2) is 65.8 Å². The fraction of sp³-hybridized carbons (Fsp3) is 0. The van der Waals surface area contributed by atoms with Gasteiger partial charge in [0, 0.05) is 65.2 Å². The first-order valence-electron chi connectivity index (χ1n) is 14.3. The van der Waals surface area contributed by atoms with Crippen molar-refractivity contribution in [3.63, 3.8) is 0 Å². The Morgan fingerprint density at radius 2 is 0.608 bits per heavy atom. The standard InChI is InChI=1S/C32H18N8.2ClHO3S.Zn/c1-2-10-18-17(9-1)25-33-26(18)38-28-21-13-5-6-14-22(21)30(35-28)40-32-24-16-8-7-15-23(24)31(36-32)39-29-20-12-4-3-11-19(20)27(34-29)37-25;2*1-5(2,3)4;/h1-16H,(H2,33,34,35,36,37,38,39,40);2*(H,2,3,4);/q;;;+2/p-2. The van der Waals surface area contributed by atoms with Gasteiger partial charge in [-0.1, -0.05) is 97.1 Å². The number of nitrogens with one attached hydrogen (secondary N) is 2. The van der Waals surface area contributed by atoms with Gasteiger partial charge in [0.05, 0.1) is 0 Å². The summed E-state index contributed by atoms with van der Waals surface area (Å²) in [4.78, 5) is 36.8. The molecule has 4 aromatic carbocycles. The quantitative estimate of drug-likeness (QED) is 0.0987. The summed E-state index contributed by atoms with van der Waals surface area (Å²) in [6.45, 7) is 0. The molecule has 8 bridgehead atoms. The number of benzene rings is 4. The van der Waals surface area contributed by atoms with Gasteiger partial charge in [-0.15, -0.1) is 0 Å². The first-order valence-corrected chi connectivity index (χ1v) is 18.8. The third-order valence-corrected chi connectivity index (χ3v) is 7.46. The van der Waals surface area contributed by atoms with E-state index in [-0.39, 0.29) is 19.5 Å². The molecule has 5 heterocycles. The van der Waals surface area contributed by atoms with Gasteiger partial charge in [0.2, 0.25) is 0 Å². The minimum Gasteiger partial charge on any atom is -0.735 e. The van der Waals surface area contributed by atoms with Crippen LogP contribution < -0.4 is 0 Å². The van der Waals surface area contributed by atoms with Gasteiger partial charge >= 0.3 is 19.5 Å². The molecule has 0 radical (unpaired) electrons. The number of aromatic amines is 2. The number of hydrogen-bond acceptors (Lipinski definition) is 12. The van der Waals surface area contributed by atoms with Crippen LogP contribution >= 0.6 is 21.4 Å². The van der Waals surface area contributed by atoms with E-state index in [0.717, 1.165) is 43.8 Å². The second-order valence-corrected chi connectivity index (χ2v) is 14.4. The zero-order valence-corrected chi connectivity index (χ0v) is 31.8. The molecular formula is C32H18Cl2N8O6S2Zn. The number of aromatic nitrogens is 8. The van der Waals surface area contributed by atoms with Crippen molar-refractivity contribution < 1.29 is 45.4 Å². The van der Waals surface area contributed by atoms with Gasteiger partial charge in [-0.3, -0.25) is 0 Å². The van der Waals surface area contributed by atoms with Crippen LogP contribution in [0.4, 0.5) is 0 Å². The van der Waals surface area contributed by atoms with Crippen LogP contribution in [-0.2, 0) is 38.1 Å². The molecule has 19 heteroatoms. The molecule has 51 heavy (non-hydrogen) atoms. The molecule has 2 N–H and O–H groups in total. The fourth-order valence-corrected chi connectivity index (χ4v) is 5.59. The van der Waals surface area contributed by atoms with Gasteiger partial charge in [-0.2, -0.15) is 0 Å². The second-order valence-electron chi connectivity index (χ2n) is 10.6. The molecule has 0 aliphatic carbocycles. The average Bonchev–Trinajstić information content (AvgIpc) is 3.79. The van der Waals surface area contributed by atoms with Crippen molar-refractivity contribution in [2.24, 2.45) is 0 Å². The Kier molecular flexibility index (Phi) is 9.98. The van der Waals surface area contributed by atoms with Crippen molar-refractivity contribution >= 4 is 84.2 Å². The topological polar surface area (TPSA) is 223 Å². The van der Waals surface area contributed by atoms with Gasteiger partial charge in [-0.25, -0.2) is 46.7 Å². The Hall–Kier alpha value is -4.74. The Balaban J connectivity index is 0.000000363. The predicted octanol–water partition coefficient (Wildman–Crippen LogP) is 6.24. The molecule has 9 rings (SSSR count). The van der Waals surface area contributed by atoms with E-state index in [1.165, 1.54) is 0 Å². The summed E-state index contributed by atoms with van der Waals surface area (Å²) in [7, 11) is -0.995. The van der Waals surface area contributed by atoms with Gasteiger partial charge in [0.1, 0.15) is 22.6 Å². The molecule has 250 valence electrons. The number of rotatable bonds is 0. The summed E-state index contributed by atoms with van der Waals surface area (Å²) in [5, 5.41) is 3.82. The third kappa shape index (κ3) is 7.95. The molecule has 0 amide bonds. The first-order chi connectivity index (χ1) is 23.8. The number of H-pyrrole nitrogens is 2. The van der Waals surface area contributed by atoms with E-state index in [1.54, 1.807) is 0 Å². The van der Waals surface area contributed by atoms with Gasteiger partial charge < -0.3 is 19.1 Å². The van der Waals surface area contributed by atoms with Crippen LogP contribution in [0.15, 0.2) is 97.1 Å². The molecule has 2 aliphatic rings. The van der Waals surface area contributed by atoms with E-state index in [4.69, 9.17) is 55.8 Å². The Morgan fingerprint density at radius 3 is 0.824 bits per heavy atom. The molecule has 0 unspecified atom stereocenters. The zero-order chi connectivity index (χ0) is 35.2. The maximum Gasteiger partial charge on any atom is 2.00 e. The largest absolute Gasteiger partial charge is 2.00 e. The zero-order valence-electron chi connectivity index (χ0n) is 25.6. The summed E-state index contributed by atoms with van der Waals surface area (Å²) in [5.41, 5.74) is 6.45. The van der Waals surface area contributed by atoms with E-state index < -0.39 is 18.7 Å². The van der Waals surface area contributed by atoms with Crippen LogP contribution in [0.3, 0.4) is 0 Å². The smallest absolute Gasteiger partial charge is 0.735 e. The van der Waals surface area contributed by atoms with E-state index in [2.05, 4.69) is 31.3 Å². The van der Waals surface area contributed by atoms with Gasteiger partial charge in [0.25, 0.3) is 0 Å². The van der Waals surface area contributed by atoms with Crippen LogP contribution in [0.2, 0.25) is 0 Å². The molecule has 0 saturated carbocycles. The molecule has 3 aromatic heterocycles. The van der Waals surface area contributed by atoms with E-state index >= 15 is 0 Å². The summed E-state index contributed by atoms with van der Waals surface area (Å²) in [5.74, 6) is 2.39. The SMILES string of the molecule is O=S(=O)([O-])Cl.O=S(=O)([O-])Cl.[Zn+2].c1ccc2c(c1)-c1nc-2nc2[nH]c(nc3nc(nc4[nH]c(n1)c1ccccc41)-c1ccccc1-3)c1ccccc21. The Labute approximate surface area is 310 Å². The fourth-order valence-electron chi connectivity index (χ4n) is 5.59. The van der Waals surface area contributed by atoms with Crippen molar-refractivity contribution in [1.82, 2.24) is 39.9 Å². The maximum absolute atomic E-state index is 8.84. The number of nitrogens with zero attached hydrogens (tertiary/aromatic N) is 6. The van der Waals surface area contributed by atoms with Crippen LogP contribution in [0.25, 0.3) is 89.7 Å². The van der Waals surface area contributed by atoms with E-state index in [1.807, 2.05) is 97.1 Å². The summed E-state index contributed by atoms with van der Waals surface area (Å²) in [6.07, 6.45) is 0. The van der Waals surface area contributed by atoms with Crippen molar-refractivity contribution in [3.8, 4) is 45.6 Å². The van der Waals surface area contributed by atoms with E-state index in [0.29, 0.717) is 45.9 Å². The van der Waals surface area contributed by atoms with Gasteiger partial charge in [0.15, 0.2) is 42.0 Å². The predicted molar refractivity (Wildman–Crippen MR) is 187 cm³/mol. The average molecular weight is 811 g/mol. The van der Waals surface area contributed by atoms with Crippen molar-refractivity contribution in [3.05, 3.63) is 97.1 Å².